The summed E-state index contributed by atoms with van der Waals surface area (Å²) in [6.07, 6.45) is 1.92. The molecule has 18 heavy (non-hydrogen) atoms. The first-order valence-corrected chi connectivity index (χ1v) is 5.78. The van der Waals surface area contributed by atoms with E-state index in [0.29, 0.717) is 19.3 Å². The van der Waals surface area contributed by atoms with Crippen molar-refractivity contribution in [3.8, 4) is 0 Å². The maximum atomic E-state index is 10.9. The number of nitro groups is 1. The maximum Gasteiger partial charge on any atom is 0.305 e. The smallest absolute Gasteiger partial charge is 0.305 e. The lowest BCUT2D eigenvalue weighted by atomic mass is 10.0. The maximum absolute atomic E-state index is 10.9. The number of carbonyl (C=O) groups excluding carboxylic acids is 2. The molecule has 0 aliphatic heterocycles. The normalized spacial score (nSPS) is 11.7. The zero-order valence-corrected chi connectivity index (χ0v) is 10.7. The molecule has 0 heterocycles. The first-order valence-electron chi connectivity index (χ1n) is 5.78. The van der Waals surface area contributed by atoms with Gasteiger partial charge in [0.15, 0.2) is 0 Å². The minimum Gasteiger partial charge on any atom is -0.469 e. The number of nitrogens with zero attached hydrogens (tertiary/aromatic N) is 1. The Morgan fingerprint density at radius 1 is 1.06 bits per heavy atom. The molecule has 0 fully saturated rings. The summed E-state index contributed by atoms with van der Waals surface area (Å²) in [7, 11) is 2.55. The average molecular weight is 261 g/mol. The number of esters is 2. The monoisotopic (exact) mass is 261 g/mol. The summed E-state index contributed by atoms with van der Waals surface area (Å²) >= 11 is 0. The van der Waals surface area contributed by atoms with E-state index in [-0.39, 0.29) is 30.2 Å². The van der Waals surface area contributed by atoms with Crippen molar-refractivity contribution in [1.29, 1.82) is 0 Å². The van der Waals surface area contributed by atoms with Crippen molar-refractivity contribution >= 4 is 11.9 Å². The van der Waals surface area contributed by atoms with Gasteiger partial charge in [-0.2, -0.15) is 0 Å². The summed E-state index contributed by atoms with van der Waals surface area (Å²) < 4.78 is 8.89. The number of methoxy groups -OCH3 is 2. The van der Waals surface area contributed by atoms with Gasteiger partial charge in [-0.1, -0.05) is 0 Å². The molecule has 0 rings (SSSR count). The Kier molecular flexibility index (Phi) is 8.51. The SMILES string of the molecule is COC(=O)CCCCC(CCC(=O)OC)[N+](=O)[O-]. The minimum absolute atomic E-state index is 0.0408. The number of hydrogen-bond donors (Lipinski definition) is 0. The minimum atomic E-state index is -0.762. The largest absolute Gasteiger partial charge is 0.469 e. The molecule has 7 nitrogen and oxygen atoms in total. The predicted octanol–water partition coefficient (Wildman–Crippen LogP) is 1.32. The lowest BCUT2D eigenvalue weighted by Crippen LogP contribution is -2.21. The quantitative estimate of drug-likeness (QED) is 0.269. The Labute approximate surface area is 106 Å². The van der Waals surface area contributed by atoms with Crippen LogP contribution >= 0.6 is 0 Å². The molecule has 0 N–H and O–H groups in total. The summed E-state index contributed by atoms with van der Waals surface area (Å²) in [5.74, 6) is -0.765. The number of ether oxygens (including phenoxy) is 2. The van der Waals surface area contributed by atoms with Crippen molar-refractivity contribution in [1.82, 2.24) is 0 Å². The van der Waals surface area contributed by atoms with E-state index in [4.69, 9.17) is 0 Å². The number of carbonyl (C=O) groups is 2. The van der Waals surface area contributed by atoms with Crippen molar-refractivity contribution in [2.24, 2.45) is 0 Å². The zero-order valence-electron chi connectivity index (χ0n) is 10.7. The van der Waals surface area contributed by atoms with Gasteiger partial charge < -0.3 is 9.47 Å². The molecule has 0 bridgehead atoms. The van der Waals surface area contributed by atoms with Gasteiger partial charge in [0.1, 0.15) is 0 Å². The highest BCUT2D eigenvalue weighted by molar-refractivity contribution is 5.69. The number of hydrogen-bond acceptors (Lipinski definition) is 6. The fraction of sp³-hybridized carbons (Fsp3) is 0.818. The van der Waals surface area contributed by atoms with Gasteiger partial charge in [0.05, 0.1) is 20.6 Å². The first kappa shape index (κ1) is 16.3. The fourth-order valence-corrected chi connectivity index (χ4v) is 1.49. The summed E-state index contributed by atoms with van der Waals surface area (Å²) in [5.41, 5.74) is 0. The van der Waals surface area contributed by atoms with Gasteiger partial charge in [0.25, 0.3) is 0 Å². The molecule has 1 unspecified atom stereocenters. The van der Waals surface area contributed by atoms with Crippen molar-refractivity contribution < 1.29 is 24.0 Å². The molecule has 0 aromatic heterocycles. The van der Waals surface area contributed by atoms with Gasteiger partial charge >= 0.3 is 11.9 Å². The summed E-state index contributed by atoms with van der Waals surface area (Å²) in [5, 5.41) is 10.7. The van der Waals surface area contributed by atoms with E-state index < -0.39 is 12.0 Å². The molecule has 0 saturated carbocycles. The molecule has 0 aromatic carbocycles. The average Bonchev–Trinajstić information content (AvgIpc) is 2.36. The van der Waals surface area contributed by atoms with Gasteiger partial charge in [-0.25, -0.2) is 0 Å². The van der Waals surface area contributed by atoms with Crippen LogP contribution in [0.15, 0.2) is 0 Å². The Bertz CT molecular complexity index is 291. The van der Waals surface area contributed by atoms with E-state index in [0.717, 1.165) is 0 Å². The topological polar surface area (TPSA) is 95.7 Å². The molecule has 0 aliphatic rings. The van der Waals surface area contributed by atoms with Gasteiger partial charge in [-0.15, -0.1) is 0 Å². The van der Waals surface area contributed by atoms with E-state index in [1.807, 2.05) is 0 Å². The molecule has 1 atom stereocenters. The Balaban J connectivity index is 3.87. The Hall–Kier alpha value is -1.66. The van der Waals surface area contributed by atoms with Crippen molar-refractivity contribution in [3.63, 3.8) is 0 Å². The third kappa shape index (κ3) is 7.59. The Morgan fingerprint density at radius 3 is 2.11 bits per heavy atom. The molecular weight excluding hydrogens is 242 g/mol. The van der Waals surface area contributed by atoms with Crippen LogP contribution < -0.4 is 0 Å². The second-order valence-corrected chi connectivity index (χ2v) is 3.88. The van der Waals surface area contributed by atoms with Crippen molar-refractivity contribution in [3.05, 3.63) is 10.1 Å². The second kappa shape index (κ2) is 9.38. The van der Waals surface area contributed by atoms with Gasteiger partial charge in [0.2, 0.25) is 6.04 Å². The van der Waals surface area contributed by atoms with Crippen LogP contribution in [-0.4, -0.2) is 37.1 Å². The third-order valence-corrected chi connectivity index (χ3v) is 2.60. The lowest BCUT2D eigenvalue weighted by molar-refractivity contribution is -0.524. The van der Waals surface area contributed by atoms with Crippen LogP contribution in [0.25, 0.3) is 0 Å². The summed E-state index contributed by atoms with van der Waals surface area (Å²) in [4.78, 5) is 32.1. The highest BCUT2D eigenvalue weighted by Gasteiger charge is 2.21. The van der Waals surface area contributed by atoms with E-state index >= 15 is 0 Å². The molecule has 0 aromatic rings. The summed E-state index contributed by atoms with van der Waals surface area (Å²) in [6, 6.07) is -0.762. The van der Waals surface area contributed by atoms with Gasteiger partial charge in [-0.05, 0) is 12.8 Å². The van der Waals surface area contributed by atoms with Crippen LogP contribution in [0.5, 0.6) is 0 Å². The molecular formula is C11H19NO6. The molecule has 0 spiro atoms. The van der Waals surface area contributed by atoms with Crippen LogP contribution in [0.2, 0.25) is 0 Å². The highest BCUT2D eigenvalue weighted by Crippen LogP contribution is 2.12. The molecule has 0 aliphatic carbocycles. The summed E-state index contributed by atoms with van der Waals surface area (Å²) in [6.45, 7) is 0. The highest BCUT2D eigenvalue weighted by atomic mass is 16.6. The lowest BCUT2D eigenvalue weighted by Gasteiger charge is -2.08. The Morgan fingerprint density at radius 2 is 1.61 bits per heavy atom. The third-order valence-electron chi connectivity index (χ3n) is 2.60. The van der Waals surface area contributed by atoms with Crippen LogP contribution in [-0.2, 0) is 19.1 Å². The van der Waals surface area contributed by atoms with Crippen molar-refractivity contribution in [2.75, 3.05) is 14.2 Å². The zero-order chi connectivity index (χ0) is 14.0. The van der Waals surface area contributed by atoms with Crippen LogP contribution in [0.3, 0.4) is 0 Å². The number of rotatable bonds is 9. The van der Waals surface area contributed by atoms with Gasteiger partial charge in [-0.3, -0.25) is 19.7 Å². The fourth-order valence-electron chi connectivity index (χ4n) is 1.49. The van der Waals surface area contributed by atoms with E-state index in [9.17, 15) is 19.7 Å². The standard InChI is InChI=1S/C11H19NO6/c1-17-10(13)6-4-3-5-9(12(15)16)7-8-11(14)18-2/h9H,3-8H2,1-2H3. The molecule has 104 valence electrons. The van der Waals surface area contributed by atoms with Gasteiger partial charge in [0, 0.05) is 24.2 Å². The molecule has 0 amide bonds. The molecule has 7 heteroatoms. The predicted molar refractivity (Wildman–Crippen MR) is 62.5 cm³/mol. The van der Waals surface area contributed by atoms with Crippen LogP contribution in [0, 0.1) is 10.1 Å². The van der Waals surface area contributed by atoms with Crippen LogP contribution in [0.4, 0.5) is 0 Å². The van der Waals surface area contributed by atoms with E-state index in [1.165, 1.54) is 14.2 Å². The second-order valence-electron chi connectivity index (χ2n) is 3.88. The first-order chi connectivity index (χ1) is 8.51. The van der Waals surface area contributed by atoms with Crippen LogP contribution in [0.1, 0.15) is 38.5 Å². The van der Waals surface area contributed by atoms with E-state index in [2.05, 4.69) is 9.47 Å². The molecule has 0 radical (unpaired) electrons. The molecule has 0 saturated heterocycles. The number of unbranched alkanes of at least 4 members (excludes halogenated alkanes) is 1. The van der Waals surface area contributed by atoms with E-state index in [1.54, 1.807) is 0 Å². The van der Waals surface area contributed by atoms with Crippen molar-refractivity contribution in [2.45, 2.75) is 44.6 Å².